The normalized spacial score (nSPS) is 12.7. The number of hydrogen-bond acceptors (Lipinski definition) is 4. The fraction of sp³-hybridized carbons (Fsp3) is 0.167. The maximum absolute atomic E-state index is 11.4. The quantitative estimate of drug-likeness (QED) is 0.464. The lowest BCUT2D eigenvalue weighted by atomic mass is 10.0. The SMILES string of the molecule is O=C(O)C(=Cc1ccc(NCC(O)CO)cc1)c1ccccc1. The lowest BCUT2D eigenvalue weighted by molar-refractivity contribution is -0.130. The summed E-state index contributed by atoms with van der Waals surface area (Å²) in [5.41, 5.74) is 2.42. The Morgan fingerprint density at radius 1 is 1.09 bits per heavy atom. The average molecular weight is 313 g/mol. The van der Waals surface area contributed by atoms with E-state index in [1.807, 2.05) is 6.07 Å². The fourth-order valence-electron chi connectivity index (χ4n) is 2.05. The third-order valence-corrected chi connectivity index (χ3v) is 3.29. The van der Waals surface area contributed by atoms with Gasteiger partial charge in [-0.05, 0) is 29.3 Å². The number of carbonyl (C=O) groups is 1. The van der Waals surface area contributed by atoms with Crippen molar-refractivity contribution in [1.29, 1.82) is 0 Å². The molecule has 2 aromatic carbocycles. The van der Waals surface area contributed by atoms with Crippen LogP contribution in [0.1, 0.15) is 11.1 Å². The van der Waals surface area contributed by atoms with Gasteiger partial charge in [0.15, 0.2) is 0 Å². The second kappa shape index (κ2) is 8.12. The smallest absolute Gasteiger partial charge is 0.336 e. The number of rotatable bonds is 7. The van der Waals surface area contributed by atoms with Gasteiger partial charge in [-0.2, -0.15) is 0 Å². The van der Waals surface area contributed by atoms with Gasteiger partial charge in [-0.15, -0.1) is 0 Å². The van der Waals surface area contributed by atoms with Crippen molar-refractivity contribution in [3.63, 3.8) is 0 Å². The van der Waals surface area contributed by atoms with Crippen LogP contribution in [0.3, 0.4) is 0 Å². The zero-order valence-corrected chi connectivity index (χ0v) is 12.5. The molecule has 5 heteroatoms. The van der Waals surface area contributed by atoms with Gasteiger partial charge in [0.05, 0.1) is 18.3 Å². The largest absolute Gasteiger partial charge is 0.478 e. The molecule has 2 aromatic rings. The van der Waals surface area contributed by atoms with Gasteiger partial charge in [-0.1, -0.05) is 42.5 Å². The number of nitrogens with one attached hydrogen (secondary N) is 1. The van der Waals surface area contributed by atoms with E-state index in [9.17, 15) is 15.0 Å². The van der Waals surface area contributed by atoms with Crippen molar-refractivity contribution in [2.45, 2.75) is 6.10 Å². The van der Waals surface area contributed by atoms with Crippen molar-refractivity contribution in [1.82, 2.24) is 0 Å². The molecule has 0 aliphatic carbocycles. The van der Waals surface area contributed by atoms with Gasteiger partial charge in [0, 0.05) is 12.2 Å². The Labute approximate surface area is 134 Å². The van der Waals surface area contributed by atoms with E-state index in [4.69, 9.17) is 5.11 Å². The zero-order valence-electron chi connectivity index (χ0n) is 12.5. The fourth-order valence-corrected chi connectivity index (χ4v) is 2.05. The van der Waals surface area contributed by atoms with Crippen LogP contribution >= 0.6 is 0 Å². The van der Waals surface area contributed by atoms with E-state index >= 15 is 0 Å². The first kappa shape index (κ1) is 16.7. The number of aliphatic hydroxyl groups is 2. The van der Waals surface area contributed by atoms with Crippen molar-refractivity contribution < 1.29 is 20.1 Å². The first-order valence-electron chi connectivity index (χ1n) is 7.23. The third-order valence-electron chi connectivity index (χ3n) is 3.29. The van der Waals surface area contributed by atoms with Crippen LogP contribution in [0.2, 0.25) is 0 Å². The van der Waals surface area contributed by atoms with E-state index in [0.29, 0.717) is 5.56 Å². The van der Waals surface area contributed by atoms with Crippen LogP contribution in [0, 0.1) is 0 Å². The summed E-state index contributed by atoms with van der Waals surface area (Å²) in [6, 6.07) is 16.1. The lowest BCUT2D eigenvalue weighted by Gasteiger charge is -2.10. The Bertz CT molecular complexity index is 665. The standard InChI is InChI=1S/C18H19NO4/c20-12-16(21)11-19-15-8-6-13(7-9-15)10-17(18(22)23)14-4-2-1-3-5-14/h1-10,16,19-21H,11-12H2,(H,22,23). The van der Waals surface area contributed by atoms with Gasteiger partial charge in [0.25, 0.3) is 0 Å². The summed E-state index contributed by atoms with van der Waals surface area (Å²) in [4.78, 5) is 11.4. The Kier molecular flexibility index (Phi) is 5.91. The summed E-state index contributed by atoms with van der Waals surface area (Å²) in [6.07, 6.45) is 0.801. The van der Waals surface area contributed by atoms with E-state index in [0.717, 1.165) is 11.3 Å². The zero-order chi connectivity index (χ0) is 16.7. The predicted octanol–water partition coefficient (Wildman–Crippen LogP) is 2.08. The molecule has 1 unspecified atom stereocenters. The highest BCUT2D eigenvalue weighted by atomic mass is 16.4. The molecule has 0 radical (unpaired) electrons. The van der Waals surface area contributed by atoms with Crippen LogP contribution in [-0.2, 0) is 4.79 Å². The molecule has 0 aromatic heterocycles. The van der Waals surface area contributed by atoms with E-state index in [1.54, 1.807) is 54.6 Å². The molecule has 1 atom stereocenters. The molecule has 0 bridgehead atoms. The van der Waals surface area contributed by atoms with Gasteiger partial charge in [-0.25, -0.2) is 4.79 Å². The Hall–Kier alpha value is -2.63. The first-order chi connectivity index (χ1) is 11.1. The van der Waals surface area contributed by atoms with Crippen LogP contribution in [0.25, 0.3) is 11.6 Å². The number of aliphatic carboxylic acids is 1. The maximum atomic E-state index is 11.4. The highest BCUT2D eigenvalue weighted by molar-refractivity contribution is 6.20. The minimum absolute atomic E-state index is 0.224. The van der Waals surface area contributed by atoms with Crippen molar-refractivity contribution in [2.24, 2.45) is 0 Å². The van der Waals surface area contributed by atoms with Crippen molar-refractivity contribution in [3.8, 4) is 0 Å². The molecule has 0 fully saturated rings. The number of aliphatic hydroxyl groups excluding tert-OH is 2. The highest BCUT2D eigenvalue weighted by Gasteiger charge is 2.09. The molecule has 5 nitrogen and oxygen atoms in total. The summed E-state index contributed by atoms with van der Waals surface area (Å²) in [7, 11) is 0. The minimum Gasteiger partial charge on any atom is -0.478 e. The van der Waals surface area contributed by atoms with Gasteiger partial charge >= 0.3 is 5.97 Å². The number of carboxylic acids is 1. The van der Waals surface area contributed by atoms with Crippen LogP contribution in [0.4, 0.5) is 5.69 Å². The topological polar surface area (TPSA) is 89.8 Å². The van der Waals surface area contributed by atoms with Gasteiger partial charge < -0.3 is 20.6 Å². The van der Waals surface area contributed by atoms with Gasteiger partial charge in [-0.3, -0.25) is 0 Å². The number of benzene rings is 2. The summed E-state index contributed by atoms with van der Waals surface area (Å²) in [5.74, 6) is -0.982. The molecule has 23 heavy (non-hydrogen) atoms. The summed E-state index contributed by atoms with van der Waals surface area (Å²) in [6.45, 7) is -0.0526. The number of anilines is 1. The summed E-state index contributed by atoms with van der Waals surface area (Å²) >= 11 is 0. The molecule has 0 heterocycles. The van der Waals surface area contributed by atoms with E-state index < -0.39 is 12.1 Å². The third kappa shape index (κ3) is 4.95. The molecule has 2 rings (SSSR count). The molecule has 0 saturated carbocycles. The van der Waals surface area contributed by atoms with Crippen molar-refractivity contribution >= 4 is 23.3 Å². The van der Waals surface area contributed by atoms with Gasteiger partial charge in [0.2, 0.25) is 0 Å². The maximum Gasteiger partial charge on any atom is 0.336 e. The van der Waals surface area contributed by atoms with Gasteiger partial charge in [0.1, 0.15) is 0 Å². The predicted molar refractivity (Wildman–Crippen MR) is 90.0 cm³/mol. The second-order valence-electron chi connectivity index (χ2n) is 5.07. The highest BCUT2D eigenvalue weighted by Crippen LogP contribution is 2.19. The number of hydrogen-bond donors (Lipinski definition) is 4. The first-order valence-corrected chi connectivity index (χ1v) is 7.23. The average Bonchev–Trinajstić information content (AvgIpc) is 2.59. The Morgan fingerprint density at radius 2 is 1.74 bits per heavy atom. The van der Waals surface area contributed by atoms with Crippen molar-refractivity contribution in [2.75, 3.05) is 18.5 Å². The minimum atomic E-state index is -0.982. The van der Waals surface area contributed by atoms with Crippen LogP contribution in [0.15, 0.2) is 54.6 Å². The second-order valence-corrected chi connectivity index (χ2v) is 5.07. The molecule has 0 amide bonds. The van der Waals surface area contributed by atoms with E-state index in [-0.39, 0.29) is 18.7 Å². The lowest BCUT2D eigenvalue weighted by Crippen LogP contribution is -2.22. The van der Waals surface area contributed by atoms with Crippen LogP contribution in [0.5, 0.6) is 0 Å². The molecule has 0 aliphatic heterocycles. The van der Waals surface area contributed by atoms with Crippen LogP contribution in [-0.4, -0.2) is 40.5 Å². The summed E-state index contributed by atoms with van der Waals surface area (Å²) in [5, 5.41) is 30.4. The molecule has 120 valence electrons. The van der Waals surface area contributed by atoms with E-state index in [2.05, 4.69) is 5.32 Å². The Morgan fingerprint density at radius 3 is 2.30 bits per heavy atom. The molecule has 0 aliphatic rings. The van der Waals surface area contributed by atoms with E-state index in [1.165, 1.54) is 0 Å². The summed E-state index contributed by atoms with van der Waals surface area (Å²) < 4.78 is 0. The molecule has 4 N–H and O–H groups in total. The monoisotopic (exact) mass is 313 g/mol. The Balaban J connectivity index is 2.15. The molecule has 0 saturated heterocycles. The van der Waals surface area contributed by atoms with Crippen LogP contribution < -0.4 is 5.32 Å². The number of carboxylic acid groups (broad SMARTS) is 1. The molecular formula is C18H19NO4. The van der Waals surface area contributed by atoms with Crippen molar-refractivity contribution in [3.05, 3.63) is 65.7 Å². The molecular weight excluding hydrogens is 294 g/mol. The molecule has 0 spiro atoms.